The van der Waals surface area contributed by atoms with Crippen LogP contribution in [0.25, 0.3) is 0 Å². The van der Waals surface area contributed by atoms with E-state index >= 15 is 0 Å². The predicted molar refractivity (Wildman–Crippen MR) is 60.8 cm³/mol. The fourth-order valence-corrected chi connectivity index (χ4v) is 5.02. The van der Waals surface area contributed by atoms with E-state index in [1.165, 1.54) is 0 Å². The van der Waals surface area contributed by atoms with Crippen molar-refractivity contribution < 1.29 is 24.3 Å². The van der Waals surface area contributed by atoms with Crippen LogP contribution in [-0.2, 0) is 9.36 Å². The first-order chi connectivity index (χ1) is 7.85. The van der Waals surface area contributed by atoms with Crippen LogP contribution in [0.1, 0.15) is 32.1 Å². The SMILES string of the molecule is O=C(O)[C@H]1C[C@]2(CCC[C@@H]2P(=O)(O)O)CCN1. The van der Waals surface area contributed by atoms with Gasteiger partial charge in [-0.15, -0.1) is 0 Å². The van der Waals surface area contributed by atoms with Crippen molar-refractivity contribution in [3.05, 3.63) is 0 Å². The summed E-state index contributed by atoms with van der Waals surface area (Å²) in [4.78, 5) is 29.8. The molecule has 7 heteroatoms. The van der Waals surface area contributed by atoms with Gasteiger partial charge < -0.3 is 20.2 Å². The number of piperidine rings is 1. The molecule has 17 heavy (non-hydrogen) atoms. The second-order valence-corrected chi connectivity index (χ2v) is 6.96. The first-order valence-electron chi connectivity index (χ1n) is 5.87. The lowest BCUT2D eigenvalue weighted by Gasteiger charge is -2.41. The number of rotatable bonds is 2. The minimum atomic E-state index is -4.12. The lowest BCUT2D eigenvalue weighted by molar-refractivity contribution is -0.141. The van der Waals surface area contributed by atoms with E-state index in [1.807, 2.05) is 0 Å². The fourth-order valence-electron chi connectivity index (χ4n) is 3.43. The van der Waals surface area contributed by atoms with Crippen molar-refractivity contribution >= 4 is 13.6 Å². The zero-order valence-electron chi connectivity index (χ0n) is 9.50. The highest BCUT2D eigenvalue weighted by Gasteiger charge is 2.53. The molecule has 1 aliphatic heterocycles. The van der Waals surface area contributed by atoms with Gasteiger partial charge in [0.25, 0.3) is 0 Å². The molecule has 1 heterocycles. The molecule has 6 nitrogen and oxygen atoms in total. The van der Waals surface area contributed by atoms with Crippen molar-refractivity contribution in [3.8, 4) is 0 Å². The van der Waals surface area contributed by atoms with Gasteiger partial charge >= 0.3 is 13.6 Å². The Morgan fingerprint density at radius 1 is 1.35 bits per heavy atom. The maximum Gasteiger partial charge on any atom is 0.329 e. The molecule has 98 valence electrons. The molecule has 2 aliphatic rings. The first-order valence-corrected chi connectivity index (χ1v) is 7.55. The summed E-state index contributed by atoms with van der Waals surface area (Å²) in [6.45, 7) is 0.521. The second-order valence-electron chi connectivity index (χ2n) is 5.16. The highest BCUT2D eigenvalue weighted by atomic mass is 31.2. The van der Waals surface area contributed by atoms with Gasteiger partial charge in [-0.1, -0.05) is 6.42 Å². The van der Waals surface area contributed by atoms with Crippen molar-refractivity contribution in [2.45, 2.75) is 43.8 Å². The van der Waals surface area contributed by atoms with Crippen LogP contribution >= 0.6 is 7.60 Å². The Hall–Kier alpha value is -0.420. The van der Waals surface area contributed by atoms with E-state index < -0.39 is 30.7 Å². The fraction of sp³-hybridized carbons (Fsp3) is 0.900. The molecule has 0 unspecified atom stereocenters. The zero-order valence-corrected chi connectivity index (χ0v) is 10.4. The molecule has 4 N–H and O–H groups in total. The van der Waals surface area contributed by atoms with Gasteiger partial charge in [-0.2, -0.15) is 0 Å². The van der Waals surface area contributed by atoms with Crippen molar-refractivity contribution in [1.29, 1.82) is 0 Å². The molecule has 1 spiro atoms. The molecule has 0 radical (unpaired) electrons. The summed E-state index contributed by atoms with van der Waals surface area (Å²) >= 11 is 0. The van der Waals surface area contributed by atoms with E-state index in [4.69, 9.17) is 5.11 Å². The molecule has 0 bridgehead atoms. The number of nitrogens with one attached hydrogen (secondary N) is 1. The third kappa shape index (κ3) is 2.40. The summed E-state index contributed by atoms with van der Waals surface area (Å²) in [6.07, 6.45) is 3.01. The van der Waals surface area contributed by atoms with E-state index in [1.54, 1.807) is 0 Å². The molecule has 1 aliphatic carbocycles. The van der Waals surface area contributed by atoms with Crippen molar-refractivity contribution in [2.75, 3.05) is 6.54 Å². The number of aliphatic carboxylic acids is 1. The van der Waals surface area contributed by atoms with E-state index in [-0.39, 0.29) is 0 Å². The van der Waals surface area contributed by atoms with Crippen molar-refractivity contribution in [1.82, 2.24) is 5.32 Å². The van der Waals surface area contributed by atoms with Crippen LogP contribution in [0.3, 0.4) is 0 Å². The molecule has 3 atom stereocenters. The normalized spacial score (nSPS) is 38.5. The van der Waals surface area contributed by atoms with Gasteiger partial charge in [-0.05, 0) is 37.6 Å². The van der Waals surface area contributed by atoms with E-state index in [2.05, 4.69) is 5.32 Å². The number of hydrogen-bond acceptors (Lipinski definition) is 3. The van der Waals surface area contributed by atoms with Gasteiger partial charge in [0, 0.05) is 0 Å². The van der Waals surface area contributed by atoms with Gasteiger partial charge in [-0.3, -0.25) is 9.36 Å². The molecule has 0 aromatic heterocycles. The van der Waals surface area contributed by atoms with E-state index in [9.17, 15) is 19.1 Å². The van der Waals surface area contributed by atoms with Gasteiger partial charge in [0.1, 0.15) is 6.04 Å². The van der Waals surface area contributed by atoms with Crippen molar-refractivity contribution in [2.24, 2.45) is 5.41 Å². The van der Waals surface area contributed by atoms with Gasteiger partial charge in [-0.25, -0.2) is 0 Å². The monoisotopic (exact) mass is 263 g/mol. The second kappa shape index (κ2) is 4.35. The zero-order chi connectivity index (χ0) is 12.7. The summed E-state index contributed by atoms with van der Waals surface area (Å²) < 4.78 is 11.5. The smallest absolute Gasteiger partial charge is 0.329 e. The summed E-state index contributed by atoms with van der Waals surface area (Å²) in [7, 11) is -4.12. The maximum atomic E-state index is 11.5. The first kappa shape index (κ1) is 13.0. The topological polar surface area (TPSA) is 107 Å². The Kier molecular flexibility index (Phi) is 3.34. The van der Waals surface area contributed by atoms with Crippen LogP contribution in [0.4, 0.5) is 0 Å². The molecular weight excluding hydrogens is 245 g/mol. The molecular formula is C10H18NO5P. The molecule has 0 amide bonds. The molecule has 1 saturated carbocycles. The minimum absolute atomic E-state index is 0.331. The summed E-state index contributed by atoms with van der Waals surface area (Å²) in [6, 6.07) is -0.670. The Bertz CT molecular complexity index is 368. The molecule has 2 rings (SSSR count). The molecule has 0 aromatic rings. The van der Waals surface area contributed by atoms with Crippen LogP contribution in [0.15, 0.2) is 0 Å². The number of carboxylic acid groups (broad SMARTS) is 1. The molecule has 2 fully saturated rings. The summed E-state index contributed by atoms with van der Waals surface area (Å²) in [5, 5.41) is 11.9. The van der Waals surface area contributed by atoms with Crippen LogP contribution in [0.5, 0.6) is 0 Å². The maximum absolute atomic E-state index is 11.5. The number of carboxylic acids is 1. The van der Waals surface area contributed by atoms with Crippen LogP contribution < -0.4 is 5.32 Å². The van der Waals surface area contributed by atoms with Gasteiger partial charge in [0.05, 0.1) is 5.66 Å². The Morgan fingerprint density at radius 3 is 2.65 bits per heavy atom. The van der Waals surface area contributed by atoms with E-state index in [0.717, 1.165) is 12.8 Å². The van der Waals surface area contributed by atoms with Crippen LogP contribution in [-0.4, -0.2) is 39.1 Å². The average molecular weight is 263 g/mol. The predicted octanol–water partition coefficient (Wildman–Crippen LogP) is 0.540. The summed E-state index contributed by atoms with van der Waals surface area (Å²) in [5.41, 5.74) is -1.13. The van der Waals surface area contributed by atoms with Crippen LogP contribution in [0, 0.1) is 5.41 Å². The molecule has 0 aromatic carbocycles. The Morgan fingerprint density at radius 2 is 2.06 bits per heavy atom. The van der Waals surface area contributed by atoms with Crippen LogP contribution in [0.2, 0.25) is 0 Å². The third-order valence-electron chi connectivity index (χ3n) is 4.19. The Labute approximate surface area is 99.6 Å². The van der Waals surface area contributed by atoms with E-state index in [0.29, 0.717) is 25.8 Å². The van der Waals surface area contributed by atoms with Gasteiger partial charge in [0.15, 0.2) is 0 Å². The lowest BCUT2D eigenvalue weighted by atomic mass is 9.74. The average Bonchev–Trinajstić information content (AvgIpc) is 2.61. The largest absolute Gasteiger partial charge is 0.480 e. The standard InChI is InChI=1S/C10H18NO5P/c12-9(13)7-6-10(4-5-11-7)3-1-2-8(10)17(14,15)16/h7-8,11H,1-6H2,(H,12,13)(H2,14,15,16)/t7-,8+,10+/m1/s1. The highest BCUT2D eigenvalue weighted by molar-refractivity contribution is 7.52. The molecule has 1 saturated heterocycles. The summed E-state index contributed by atoms with van der Waals surface area (Å²) in [5.74, 6) is -0.930. The van der Waals surface area contributed by atoms with Gasteiger partial charge in [0.2, 0.25) is 0 Å². The minimum Gasteiger partial charge on any atom is -0.480 e. The number of carbonyl (C=O) groups is 1. The third-order valence-corrected chi connectivity index (χ3v) is 5.81. The Balaban J connectivity index is 2.22. The lowest BCUT2D eigenvalue weighted by Crippen LogP contribution is -2.50. The highest BCUT2D eigenvalue weighted by Crippen LogP contribution is 2.61. The number of hydrogen-bond donors (Lipinski definition) is 4. The van der Waals surface area contributed by atoms with Crippen molar-refractivity contribution in [3.63, 3.8) is 0 Å². The quantitative estimate of drug-likeness (QED) is 0.542.